The topological polar surface area (TPSA) is 103 Å². The van der Waals surface area contributed by atoms with E-state index in [-0.39, 0.29) is 12.3 Å². The van der Waals surface area contributed by atoms with Crippen LogP contribution in [0.2, 0.25) is 0 Å². The molecule has 0 fully saturated rings. The second kappa shape index (κ2) is 6.07. The average Bonchev–Trinajstić information content (AvgIpc) is 3.30. The minimum atomic E-state index is -0.452. The van der Waals surface area contributed by atoms with Gasteiger partial charge < -0.3 is 18.6 Å². The highest BCUT2D eigenvalue weighted by molar-refractivity contribution is 5.94. The Labute approximate surface area is 147 Å². The number of aryl methyl sites for hydroxylation is 2. The quantitative estimate of drug-likeness (QED) is 0.605. The van der Waals surface area contributed by atoms with Gasteiger partial charge in [-0.1, -0.05) is 0 Å². The number of anilines is 1. The highest BCUT2D eigenvalue weighted by Crippen LogP contribution is 2.23. The fraction of sp³-hybridized carbons (Fsp3) is 0.167. The van der Waals surface area contributed by atoms with E-state index in [0.29, 0.717) is 39.9 Å². The number of aromatic nitrogens is 2. The van der Waals surface area contributed by atoms with Crippen LogP contribution in [0.3, 0.4) is 0 Å². The van der Waals surface area contributed by atoms with Crippen molar-refractivity contribution < 1.29 is 18.0 Å². The lowest BCUT2D eigenvalue weighted by Gasteiger charge is -2.04. The summed E-state index contributed by atoms with van der Waals surface area (Å²) in [5.41, 5.74) is 2.13. The summed E-state index contributed by atoms with van der Waals surface area (Å²) in [7, 11) is 1.62. The summed E-state index contributed by atoms with van der Waals surface area (Å²) in [4.78, 5) is 28.2. The van der Waals surface area contributed by atoms with E-state index in [9.17, 15) is 9.59 Å². The van der Waals surface area contributed by atoms with Crippen molar-refractivity contribution >= 4 is 22.7 Å². The maximum atomic E-state index is 12.3. The van der Waals surface area contributed by atoms with E-state index in [0.717, 1.165) is 0 Å². The number of oxazole rings is 2. The van der Waals surface area contributed by atoms with E-state index in [2.05, 4.69) is 10.3 Å². The predicted molar refractivity (Wildman–Crippen MR) is 92.7 cm³/mol. The highest BCUT2D eigenvalue weighted by atomic mass is 16.4. The molecule has 3 heterocycles. The van der Waals surface area contributed by atoms with Crippen LogP contribution in [0.15, 0.2) is 54.6 Å². The third-order valence-corrected chi connectivity index (χ3v) is 4.03. The fourth-order valence-corrected chi connectivity index (χ4v) is 2.67. The molecule has 0 aliphatic heterocycles. The summed E-state index contributed by atoms with van der Waals surface area (Å²) in [5.74, 6) is 0.681. The number of rotatable bonds is 4. The van der Waals surface area contributed by atoms with Crippen molar-refractivity contribution in [1.29, 1.82) is 0 Å². The lowest BCUT2D eigenvalue weighted by molar-refractivity contribution is -0.115. The minimum absolute atomic E-state index is 0.0484. The lowest BCUT2D eigenvalue weighted by Crippen LogP contribution is -2.15. The van der Waals surface area contributed by atoms with Crippen LogP contribution in [-0.4, -0.2) is 15.5 Å². The molecule has 8 heteroatoms. The molecule has 1 aromatic carbocycles. The molecule has 0 aliphatic carbocycles. The Morgan fingerprint density at radius 3 is 2.88 bits per heavy atom. The average molecular weight is 353 g/mol. The standard InChI is InChI=1S/C18H15N3O5/c1-10-12(20-17(25-10)14-4-3-7-24-14)9-16(22)19-11-5-6-13-15(8-11)26-18(23)21(13)2/h3-8H,9H2,1-2H3,(H,19,22). The van der Waals surface area contributed by atoms with Gasteiger partial charge in [0.1, 0.15) is 5.76 Å². The second-order valence-corrected chi connectivity index (χ2v) is 5.83. The van der Waals surface area contributed by atoms with Gasteiger partial charge >= 0.3 is 5.76 Å². The van der Waals surface area contributed by atoms with E-state index in [4.69, 9.17) is 13.3 Å². The molecule has 8 nitrogen and oxygen atoms in total. The van der Waals surface area contributed by atoms with Crippen molar-refractivity contribution in [1.82, 2.24) is 9.55 Å². The molecule has 0 saturated carbocycles. The van der Waals surface area contributed by atoms with E-state index in [1.807, 2.05) is 0 Å². The van der Waals surface area contributed by atoms with Crippen LogP contribution >= 0.6 is 0 Å². The zero-order chi connectivity index (χ0) is 18.3. The Kier molecular flexibility index (Phi) is 3.72. The van der Waals surface area contributed by atoms with E-state index in [1.165, 1.54) is 10.8 Å². The molecule has 0 bridgehead atoms. The van der Waals surface area contributed by atoms with Gasteiger partial charge in [0.25, 0.3) is 5.89 Å². The Balaban J connectivity index is 1.51. The summed E-state index contributed by atoms with van der Waals surface area (Å²) in [6, 6.07) is 8.50. The van der Waals surface area contributed by atoms with Crippen molar-refractivity contribution in [3.63, 3.8) is 0 Å². The van der Waals surface area contributed by atoms with Gasteiger partial charge in [0.2, 0.25) is 5.91 Å². The molecule has 0 unspecified atom stereocenters. The lowest BCUT2D eigenvalue weighted by atomic mass is 10.2. The fourth-order valence-electron chi connectivity index (χ4n) is 2.67. The van der Waals surface area contributed by atoms with Gasteiger partial charge in [0.15, 0.2) is 11.3 Å². The van der Waals surface area contributed by atoms with Crippen LogP contribution < -0.4 is 11.1 Å². The van der Waals surface area contributed by atoms with E-state index in [1.54, 1.807) is 44.3 Å². The number of carbonyl (C=O) groups is 1. The van der Waals surface area contributed by atoms with Crippen LogP contribution in [0.1, 0.15) is 11.5 Å². The van der Waals surface area contributed by atoms with Gasteiger partial charge in [-0.05, 0) is 31.2 Å². The van der Waals surface area contributed by atoms with Gasteiger partial charge in [-0.25, -0.2) is 9.78 Å². The number of fused-ring (bicyclic) bond motifs is 1. The molecule has 0 saturated heterocycles. The first-order valence-corrected chi connectivity index (χ1v) is 7.91. The predicted octanol–water partition coefficient (Wildman–Crippen LogP) is 2.87. The minimum Gasteiger partial charge on any atom is -0.459 e. The molecule has 4 aromatic rings. The highest BCUT2D eigenvalue weighted by Gasteiger charge is 2.16. The van der Waals surface area contributed by atoms with E-state index < -0.39 is 5.76 Å². The number of hydrogen-bond acceptors (Lipinski definition) is 6. The van der Waals surface area contributed by atoms with Crippen LogP contribution in [-0.2, 0) is 18.3 Å². The summed E-state index contributed by atoms with van der Waals surface area (Å²) in [6.45, 7) is 1.74. The largest absolute Gasteiger partial charge is 0.459 e. The normalized spacial score (nSPS) is 11.2. The van der Waals surface area contributed by atoms with Crippen LogP contribution in [0, 0.1) is 6.92 Å². The zero-order valence-corrected chi connectivity index (χ0v) is 14.1. The molecule has 26 heavy (non-hydrogen) atoms. The number of benzene rings is 1. The van der Waals surface area contributed by atoms with Gasteiger partial charge in [0, 0.05) is 18.8 Å². The number of hydrogen-bond donors (Lipinski definition) is 1. The van der Waals surface area contributed by atoms with Crippen LogP contribution in [0.5, 0.6) is 0 Å². The third kappa shape index (κ3) is 2.81. The monoisotopic (exact) mass is 353 g/mol. The number of furan rings is 1. The first kappa shape index (κ1) is 15.9. The molecule has 1 amide bonds. The molecule has 0 atom stereocenters. The summed E-state index contributed by atoms with van der Waals surface area (Å²) >= 11 is 0. The molecular formula is C18H15N3O5. The zero-order valence-electron chi connectivity index (χ0n) is 14.1. The van der Waals surface area contributed by atoms with Gasteiger partial charge in [-0.3, -0.25) is 9.36 Å². The Morgan fingerprint density at radius 2 is 2.12 bits per heavy atom. The third-order valence-electron chi connectivity index (χ3n) is 4.03. The van der Waals surface area contributed by atoms with Crippen LogP contribution in [0.25, 0.3) is 22.8 Å². The molecule has 3 aromatic heterocycles. The van der Waals surface area contributed by atoms with Crippen molar-refractivity contribution in [3.8, 4) is 11.7 Å². The van der Waals surface area contributed by atoms with Crippen molar-refractivity contribution in [2.45, 2.75) is 13.3 Å². The number of carbonyl (C=O) groups excluding carboxylic acids is 1. The van der Waals surface area contributed by atoms with E-state index >= 15 is 0 Å². The van der Waals surface area contributed by atoms with Gasteiger partial charge in [0.05, 0.1) is 23.9 Å². The van der Waals surface area contributed by atoms with Gasteiger partial charge in [-0.2, -0.15) is 0 Å². The molecule has 0 aliphatic rings. The molecule has 0 spiro atoms. The van der Waals surface area contributed by atoms with Gasteiger partial charge in [-0.15, -0.1) is 0 Å². The van der Waals surface area contributed by atoms with Crippen molar-refractivity contribution in [3.05, 3.63) is 58.6 Å². The first-order valence-electron chi connectivity index (χ1n) is 7.91. The van der Waals surface area contributed by atoms with Crippen molar-refractivity contribution in [2.75, 3.05) is 5.32 Å². The molecule has 4 rings (SSSR count). The summed E-state index contributed by atoms with van der Waals surface area (Å²) < 4.78 is 17.3. The summed E-state index contributed by atoms with van der Waals surface area (Å²) in [5, 5.41) is 2.77. The van der Waals surface area contributed by atoms with Crippen molar-refractivity contribution in [2.24, 2.45) is 7.05 Å². The number of amides is 1. The SMILES string of the molecule is Cc1oc(-c2ccco2)nc1CC(=O)Nc1ccc2c(c1)oc(=O)n2C. The first-order chi connectivity index (χ1) is 12.5. The Hall–Kier alpha value is -3.55. The molecule has 1 N–H and O–H groups in total. The Morgan fingerprint density at radius 1 is 1.27 bits per heavy atom. The smallest absolute Gasteiger partial charge is 0.419 e. The van der Waals surface area contributed by atoms with Crippen LogP contribution in [0.4, 0.5) is 5.69 Å². The second-order valence-electron chi connectivity index (χ2n) is 5.83. The molecule has 0 radical (unpaired) electrons. The maximum absolute atomic E-state index is 12.3. The molecular weight excluding hydrogens is 338 g/mol. The maximum Gasteiger partial charge on any atom is 0.419 e. The Bertz CT molecular complexity index is 1150. The summed E-state index contributed by atoms with van der Waals surface area (Å²) in [6.07, 6.45) is 1.58. The molecule has 132 valence electrons. The number of nitrogens with zero attached hydrogens (tertiary/aromatic N) is 2. The number of nitrogens with one attached hydrogen (secondary N) is 1.